The molecule has 2 atom stereocenters. The molecule has 0 aromatic heterocycles. The van der Waals surface area contributed by atoms with Gasteiger partial charge in [0.2, 0.25) is 10.0 Å². The van der Waals surface area contributed by atoms with Gasteiger partial charge in [-0.15, -0.1) is 0 Å². The third kappa shape index (κ3) is 3.12. The number of hydrogen-bond acceptors (Lipinski definition) is 4. The second-order valence-corrected chi connectivity index (χ2v) is 7.85. The smallest absolute Gasteiger partial charge is 0.240 e. The van der Waals surface area contributed by atoms with Crippen molar-refractivity contribution in [2.75, 3.05) is 13.2 Å². The van der Waals surface area contributed by atoms with E-state index in [0.29, 0.717) is 24.7 Å². The molecule has 1 N–H and O–H groups in total. The highest BCUT2D eigenvalue weighted by Gasteiger charge is 2.41. The zero-order valence-corrected chi connectivity index (χ0v) is 14.0. The fourth-order valence-corrected chi connectivity index (χ4v) is 4.28. The minimum atomic E-state index is -3.57. The molecule has 0 saturated heterocycles. The van der Waals surface area contributed by atoms with Crippen molar-refractivity contribution < 1.29 is 17.9 Å². The summed E-state index contributed by atoms with van der Waals surface area (Å²) in [6.07, 6.45) is 1.61. The minimum Gasteiger partial charge on any atom is -0.490 e. The van der Waals surface area contributed by atoms with Crippen LogP contribution in [0.15, 0.2) is 53.4 Å². The van der Waals surface area contributed by atoms with Gasteiger partial charge >= 0.3 is 0 Å². The summed E-state index contributed by atoms with van der Waals surface area (Å²) in [6.45, 7) is 1.11. The van der Waals surface area contributed by atoms with Gasteiger partial charge in [0, 0.05) is 24.4 Å². The second kappa shape index (κ2) is 6.11. The lowest BCUT2D eigenvalue weighted by atomic mass is 10.1. The maximum atomic E-state index is 12.6. The molecule has 1 heterocycles. The Morgan fingerprint density at radius 1 is 0.958 bits per heavy atom. The average molecular weight is 345 g/mol. The van der Waals surface area contributed by atoms with Crippen molar-refractivity contribution in [3.05, 3.63) is 54.1 Å². The van der Waals surface area contributed by atoms with Gasteiger partial charge in [0.1, 0.15) is 0 Å². The molecule has 0 amide bonds. The van der Waals surface area contributed by atoms with Crippen LogP contribution in [0.3, 0.4) is 0 Å². The SMILES string of the molecule is O=S(=O)(N[C@H]1C[C@H]1c1ccccc1)c1ccc2c(c1)OCCCO2. The van der Waals surface area contributed by atoms with E-state index in [0.717, 1.165) is 12.8 Å². The van der Waals surface area contributed by atoms with Gasteiger partial charge < -0.3 is 9.47 Å². The van der Waals surface area contributed by atoms with Gasteiger partial charge in [-0.05, 0) is 24.1 Å². The maximum Gasteiger partial charge on any atom is 0.240 e. The molecule has 0 bridgehead atoms. The summed E-state index contributed by atoms with van der Waals surface area (Å²) in [5, 5.41) is 0. The normalized spacial score (nSPS) is 22.7. The van der Waals surface area contributed by atoms with Crippen LogP contribution in [-0.4, -0.2) is 27.7 Å². The van der Waals surface area contributed by atoms with Gasteiger partial charge in [-0.3, -0.25) is 0 Å². The lowest BCUT2D eigenvalue weighted by Crippen LogP contribution is -2.26. The first kappa shape index (κ1) is 15.5. The number of rotatable bonds is 4. The predicted molar refractivity (Wildman–Crippen MR) is 90.0 cm³/mol. The van der Waals surface area contributed by atoms with E-state index in [1.165, 1.54) is 5.56 Å². The van der Waals surface area contributed by atoms with E-state index in [9.17, 15) is 8.42 Å². The van der Waals surface area contributed by atoms with Gasteiger partial charge in [0.25, 0.3) is 0 Å². The third-order valence-corrected chi connectivity index (χ3v) is 5.84. The molecule has 2 aliphatic rings. The number of hydrogen-bond donors (Lipinski definition) is 1. The molecule has 1 aliphatic carbocycles. The zero-order valence-electron chi connectivity index (χ0n) is 13.1. The highest BCUT2D eigenvalue weighted by atomic mass is 32.2. The molecule has 2 aromatic carbocycles. The van der Waals surface area contributed by atoms with E-state index in [1.54, 1.807) is 18.2 Å². The molecule has 24 heavy (non-hydrogen) atoms. The fourth-order valence-electron chi connectivity index (χ4n) is 2.97. The summed E-state index contributed by atoms with van der Waals surface area (Å²) >= 11 is 0. The summed E-state index contributed by atoms with van der Waals surface area (Å²) < 4.78 is 39.2. The number of sulfonamides is 1. The Bertz CT molecular complexity index is 835. The van der Waals surface area contributed by atoms with E-state index >= 15 is 0 Å². The van der Waals surface area contributed by atoms with E-state index < -0.39 is 10.0 Å². The molecule has 126 valence electrons. The Kier molecular flexibility index (Phi) is 3.94. The van der Waals surface area contributed by atoms with Gasteiger partial charge in [-0.1, -0.05) is 30.3 Å². The molecule has 0 radical (unpaired) electrons. The van der Waals surface area contributed by atoms with Crippen molar-refractivity contribution in [2.24, 2.45) is 0 Å². The van der Waals surface area contributed by atoms with Crippen LogP contribution in [-0.2, 0) is 10.0 Å². The third-order valence-electron chi connectivity index (χ3n) is 4.35. The van der Waals surface area contributed by atoms with Crippen LogP contribution in [0.25, 0.3) is 0 Å². The van der Waals surface area contributed by atoms with Crippen molar-refractivity contribution in [3.63, 3.8) is 0 Å². The van der Waals surface area contributed by atoms with Crippen LogP contribution in [0.2, 0.25) is 0 Å². The fraction of sp³-hybridized carbons (Fsp3) is 0.333. The van der Waals surface area contributed by atoms with Crippen molar-refractivity contribution >= 4 is 10.0 Å². The van der Waals surface area contributed by atoms with Crippen LogP contribution in [0.1, 0.15) is 24.3 Å². The van der Waals surface area contributed by atoms with Crippen molar-refractivity contribution in [2.45, 2.75) is 29.7 Å². The van der Waals surface area contributed by atoms with E-state index in [4.69, 9.17) is 9.47 Å². The number of fused-ring (bicyclic) bond motifs is 1. The van der Waals surface area contributed by atoms with Crippen LogP contribution in [0.5, 0.6) is 11.5 Å². The van der Waals surface area contributed by atoms with Gasteiger partial charge in [0.15, 0.2) is 11.5 Å². The molecular weight excluding hydrogens is 326 g/mol. The quantitative estimate of drug-likeness (QED) is 0.925. The van der Waals surface area contributed by atoms with Crippen LogP contribution in [0.4, 0.5) is 0 Å². The van der Waals surface area contributed by atoms with Crippen molar-refractivity contribution in [1.29, 1.82) is 0 Å². The molecule has 4 rings (SSSR count). The van der Waals surface area contributed by atoms with E-state index in [1.807, 2.05) is 30.3 Å². The van der Waals surface area contributed by atoms with Crippen LogP contribution < -0.4 is 14.2 Å². The summed E-state index contributed by atoms with van der Waals surface area (Å²) in [4.78, 5) is 0.213. The predicted octanol–water partition coefficient (Wildman–Crippen LogP) is 2.68. The van der Waals surface area contributed by atoms with E-state index in [-0.39, 0.29) is 16.9 Å². The topological polar surface area (TPSA) is 64.6 Å². The molecule has 6 heteroatoms. The molecule has 0 spiro atoms. The molecule has 1 fully saturated rings. The zero-order chi connectivity index (χ0) is 16.6. The Balaban J connectivity index is 1.51. The average Bonchev–Trinajstić information content (AvgIpc) is 3.37. The Labute approximate surface area is 141 Å². The van der Waals surface area contributed by atoms with Crippen molar-refractivity contribution in [3.8, 4) is 11.5 Å². The molecular formula is C18H19NO4S. The lowest BCUT2D eigenvalue weighted by molar-refractivity contribution is 0.297. The summed E-state index contributed by atoms with van der Waals surface area (Å²) in [7, 11) is -3.57. The summed E-state index contributed by atoms with van der Waals surface area (Å²) in [5.74, 6) is 1.34. The van der Waals surface area contributed by atoms with Crippen molar-refractivity contribution in [1.82, 2.24) is 4.72 Å². The van der Waals surface area contributed by atoms with Gasteiger partial charge in [-0.25, -0.2) is 13.1 Å². The molecule has 5 nitrogen and oxygen atoms in total. The number of ether oxygens (including phenoxy) is 2. The molecule has 2 aromatic rings. The van der Waals surface area contributed by atoms with Crippen LogP contribution >= 0.6 is 0 Å². The largest absolute Gasteiger partial charge is 0.490 e. The molecule has 1 aliphatic heterocycles. The molecule has 1 saturated carbocycles. The standard InChI is InChI=1S/C18H19NO4S/c20-24(21,19-16-12-15(16)13-5-2-1-3-6-13)14-7-8-17-18(11-14)23-10-4-9-22-17/h1-3,5-8,11,15-16,19H,4,9-10,12H2/t15-,16-/m0/s1. The second-order valence-electron chi connectivity index (χ2n) is 6.14. The number of benzene rings is 2. The lowest BCUT2D eigenvalue weighted by Gasteiger charge is -2.11. The first-order valence-electron chi connectivity index (χ1n) is 8.10. The summed E-state index contributed by atoms with van der Waals surface area (Å²) in [6, 6.07) is 14.7. The number of nitrogens with one attached hydrogen (secondary N) is 1. The highest BCUT2D eigenvalue weighted by Crippen LogP contribution is 2.41. The molecule has 0 unspecified atom stereocenters. The Hall–Kier alpha value is -2.05. The minimum absolute atomic E-state index is 0.0478. The van der Waals surface area contributed by atoms with E-state index in [2.05, 4.69) is 4.72 Å². The van der Waals surface area contributed by atoms with Gasteiger partial charge in [0.05, 0.1) is 18.1 Å². The highest BCUT2D eigenvalue weighted by molar-refractivity contribution is 7.89. The van der Waals surface area contributed by atoms with Crippen LogP contribution in [0, 0.1) is 0 Å². The monoisotopic (exact) mass is 345 g/mol. The first-order valence-corrected chi connectivity index (χ1v) is 9.59. The summed E-state index contributed by atoms with van der Waals surface area (Å²) in [5.41, 5.74) is 1.17. The Morgan fingerprint density at radius 3 is 2.50 bits per heavy atom. The maximum absolute atomic E-state index is 12.6. The Morgan fingerprint density at radius 2 is 1.71 bits per heavy atom. The first-order chi connectivity index (χ1) is 11.6. The van der Waals surface area contributed by atoms with Gasteiger partial charge in [-0.2, -0.15) is 0 Å².